The maximum Gasteiger partial charge on any atom is 0.323 e. The van der Waals surface area contributed by atoms with Crippen LogP contribution in [-0.2, 0) is 11.8 Å². The fourth-order valence-corrected chi connectivity index (χ4v) is 2.47. The van der Waals surface area contributed by atoms with Gasteiger partial charge in [0.1, 0.15) is 11.6 Å². The van der Waals surface area contributed by atoms with Gasteiger partial charge in [-0.2, -0.15) is 0 Å². The standard InChI is InChI=1S/C18H20N6O2/c1-12-19-11-16(23(12)2)14-7-13-8-17(21-10-15(13)20-9-14)22-18(25)24-3-5-26-6-4-24/h7-11H,3-6H2,1-2H3,(H,21,22,25)/i3D2,4D2,5D2,6D2. The fourth-order valence-electron chi connectivity index (χ4n) is 2.47. The highest BCUT2D eigenvalue weighted by atomic mass is 16.5. The molecule has 26 heavy (non-hydrogen) atoms. The summed E-state index contributed by atoms with van der Waals surface area (Å²) in [5.41, 5.74) is 2.03. The lowest BCUT2D eigenvalue weighted by Crippen LogP contribution is -2.43. The molecule has 8 heteroatoms. The largest absolute Gasteiger partial charge is 0.378 e. The molecule has 4 heterocycles. The normalized spacial score (nSPS) is 26.9. The molecule has 0 saturated carbocycles. The van der Waals surface area contributed by atoms with E-state index in [4.69, 9.17) is 11.0 Å². The van der Waals surface area contributed by atoms with Gasteiger partial charge in [0.05, 0.1) is 47.7 Å². The number of urea groups is 1. The van der Waals surface area contributed by atoms with Crippen molar-refractivity contribution in [1.82, 2.24) is 24.4 Å². The Bertz CT molecular complexity index is 1270. The first-order chi connectivity index (χ1) is 15.6. The summed E-state index contributed by atoms with van der Waals surface area (Å²) in [6, 6.07) is 1.77. The highest BCUT2D eigenvalue weighted by Crippen LogP contribution is 2.24. The van der Waals surface area contributed by atoms with E-state index in [2.05, 4.69) is 25.0 Å². The summed E-state index contributed by atoms with van der Waals surface area (Å²) in [5.74, 6) is 0.698. The van der Waals surface area contributed by atoms with E-state index in [1.54, 1.807) is 18.5 Å². The number of nitrogens with zero attached hydrogens (tertiary/aromatic N) is 5. The minimum atomic E-state index is -3.35. The first-order valence-electron chi connectivity index (χ1n) is 11.6. The van der Waals surface area contributed by atoms with Gasteiger partial charge in [-0.1, -0.05) is 0 Å². The summed E-state index contributed by atoms with van der Waals surface area (Å²) in [7, 11) is 1.85. The van der Waals surface area contributed by atoms with Crippen LogP contribution in [0, 0.1) is 6.92 Å². The lowest BCUT2D eigenvalue weighted by molar-refractivity contribution is 0.0564. The molecule has 0 bridgehead atoms. The Kier molecular flexibility index (Phi) is 2.49. The number of imidazole rings is 1. The summed E-state index contributed by atoms with van der Waals surface area (Å²) < 4.78 is 69.0. The number of pyridine rings is 2. The van der Waals surface area contributed by atoms with Crippen molar-refractivity contribution in [1.29, 1.82) is 0 Å². The smallest absolute Gasteiger partial charge is 0.323 e. The molecule has 0 atom stereocenters. The number of hydrogen-bond acceptors (Lipinski definition) is 5. The lowest BCUT2D eigenvalue weighted by Gasteiger charge is -2.26. The van der Waals surface area contributed by atoms with Crippen LogP contribution in [-0.4, -0.2) is 56.6 Å². The summed E-state index contributed by atoms with van der Waals surface area (Å²) in [6.07, 6.45) is 4.68. The molecule has 1 fully saturated rings. The summed E-state index contributed by atoms with van der Waals surface area (Å²) in [6.45, 7) is -11.5. The van der Waals surface area contributed by atoms with Crippen molar-refractivity contribution in [2.45, 2.75) is 6.92 Å². The number of morpholine rings is 1. The van der Waals surface area contributed by atoms with E-state index in [0.29, 0.717) is 10.9 Å². The molecule has 3 aromatic heterocycles. The van der Waals surface area contributed by atoms with Crippen LogP contribution in [0.25, 0.3) is 22.2 Å². The second kappa shape index (κ2) is 6.72. The van der Waals surface area contributed by atoms with Crippen LogP contribution < -0.4 is 5.32 Å². The van der Waals surface area contributed by atoms with Gasteiger partial charge in [0.15, 0.2) is 0 Å². The Morgan fingerprint density at radius 3 is 2.73 bits per heavy atom. The number of aryl methyl sites for hydroxylation is 1. The van der Waals surface area contributed by atoms with E-state index in [1.165, 1.54) is 12.3 Å². The Labute approximate surface area is 162 Å². The van der Waals surface area contributed by atoms with Crippen LogP contribution >= 0.6 is 0 Å². The van der Waals surface area contributed by atoms with Crippen molar-refractivity contribution in [3.05, 3.63) is 36.5 Å². The van der Waals surface area contributed by atoms with Crippen LogP contribution in [0.15, 0.2) is 30.7 Å². The van der Waals surface area contributed by atoms with Gasteiger partial charge in [-0.15, -0.1) is 0 Å². The second-order valence-electron chi connectivity index (χ2n) is 5.53. The molecule has 1 N–H and O–H groups in total. The van der Waals surface area contributed by atoms with Crippen LogP contribution in [0.1, 0.15) is 16.8 Å². The van der Waals surface area contributed by atoms with Crippen molar-refractivity contribution in [3.63, 3.8) is 0 Å². The van der Waals surface area contributed by atoms with Crippen LogP contribution in [0.2, 0.25) is 0 Å². The highest BCUT2D eigenvalue weighted by molar-refractivity contribution is 5.91. The lowest BCUT2D eigenvalue weighted by atomic mass is 10.1. The molecule has 1 aliphatic rings. The molecule has 0 spiro atoms. The number of fused-ring (bicyclic) bond motifs is 1. The van der Waals surface area contributed by atoms with Gasteiger partial charge >= 0.3 is 6.03 Å². The maximum atomic E-state index is 12.9. The zero-order chi connectivity index (χ0) is 25.3. The molecule has 0 aromatic carbocycles. The molecule has 0 unspecified atom stereocenters. The molecule has 3 aromatic rings. The third-order valence-corrected chi connectivity index (χ3v) is 3.94. The molecule has 1 saturated heterocycles. The molecular weight excluding hydrogens is 332 g/mol. The third-order valence-electron chi connectivity index (χ3n) is 3.94. The van der Waals surface area contributed by atoms with Gasteiger partial charge < -0.3 is 14.2 Å². The SMILES string of the molecule is [2H]C1([2H])OC([2H])([2H])C([2H])([2H])N(C(=O)Nc2cc3cc(-c4cnc(C)n4C)cnc3cn2)C1([2H])[2H]. The number of hydrogen-bond donors (Lipinski definition) is 1. The van der Waals surface area contributed by atoms with Gasteiger partial charge in [0.25, 0.3) is 0 Å². The zero-order valence-corrected chi connectivity index (χ0v) is 13.9. The monoisotopic (exact) mass is 360 g/mol. The Hall–Kier alpha value is -3.00. The second-order valence-corrected chi connectivity index (χ2v) is 5.53. The molecule has 8 nitrogen and oxygen atoms in total. The van der Waals surface area contributed by atoms with Gasteiger partial charge in [-0.05, 0) is 19.1 Å². The highest BCUT2D eigenvalue weighted by Gasteiger charge is 2.17. The van der Waals surface area contributed by atoms with Gasteiger partial charge in [0.2, 0.25) is 0 Å². The van der Waals surface area contributed by atoms with E-state index >= 15 is 0 Å². The first-order valence-corrected chi connectivity index (χ1v) is 7.64. The van der Waals surface area contributed by atoms with E-state index in [1.807, 2.05) is 18.5 Å². The number of amides is 2. The zero-order valence-electron chi connectivity index (χ0n) is 21.9. The van der Waals surface area contributed by atoms with E-state index in [0.717, 1.165) is 17.1 Å². The number of anilines is 1. The molecule has 2 amide bonds. The van der Waals surface area contributed by atoms with Crippen molar-refractivity contribution in [3.8, 4) is 11.3 Å². The molecule has 0 aliphatic carbocycles. The van der Waals surface area contributed by atoms with Crippen LogP contribution in [0.5, 0.6) is 0 Å². The van der Waals surface area contributed by atoms with E-state index in [9.17, 15) is 4.79 Å². The van der Waals surface area contributed by atoms with Gasteiger partial charge in [-0.3, -0.25) is 10.3 Å². The Morgan fingerprint density at radius 2 is 2.00 bits per heavy atom. The van der Waals surface area contributed by atoms with Crippen molar-refractivity contribution in [2.75, 3.05) is 31.4 Å². The molecule has 1 aliphatic heterocycles. The summed E-state index contributed by atoms with van der Waals surface area (Å²) in [5, 5.41) is 2.78. The van der Waals surface area contributed by atoms with Crippen molar-refractivity contribution < 1.29 is 20.5 Å². The molecule has 0 radical (unpaired) electrons. The number of ether oxygens (including phenoxy) is 1. The summed E-state index contributed by atoms with van der Waals surface area (Å²) in [4.78, 5) is 25.4. The van der Waals surface area contributed by atoms with Gasteiger partial charge in [0, 0.05) is 37.2 Å². The third kappa shape index (κ3) is 3.11. The van der Waals surface area contributed by atoms with E-state index in [-0.39, 0.29) is 10.7 Å². The number of aromatic nitrogens is 4. The minimum absolute atomic E-state index is 0.100. The molecule has 134 valence electrons. The fraction of sp³-hybridized carbons (Fsp3) is 0.333. The quantitative estimate of drug-likeness (QED) is 0.757. The van der Waals surface area contributed by atoms with Crippen LogP contribution in [0.4, 0.5) is 10.6 Å². The average Bonchev–Trinajstić information content (AvgIpc) is 3.03. The number of nitrogens with one attached hydrogen (secondary N) is 1. The number of carbonyl (C=O) groups excluding carboxylic acids is 1. The minimum Gasteiger partial charge on any atom is -0.378 e. The van der Waals surface area contributed by atoms with E-state index < -0.39 is 32.1 Å². The first kappa shape index (κ1) is 9.63. The summed E-state index contributed by atoms with van der Waals surface area (Å²) >= 11 is 0. The molecular formula is C18H20N6O2. The van der Waals surface area contributed by atoms with Crippen LogP contribution in [0.3, 0.4) is 0 Å². The average molecular weight is 360 g/mol. The maximum absolute atomic E-state index is 12.9. The molecule has 4 rings (SSSR count). The van der Waals surface area contributed by atoms with Crippen molar-refractivity contribution >= 4 is 22.8 Å². The number of rotatable bonds is 2. The topological polar surface area (TPSA) is 85.2 Å². The van der Waals surface area contributed by atoms with Gasteiger partial charge in [-0.25, -0.2) is 14.8 Å². The predicted octanol–water partition coefficient (Wildman–Crippen LogP) is 2.20. The Balaban J connectivity index is 1.70. The number of carbonyl (C=O) groups is 1. The Morgan fingerprint density at radius 1 is 1.19 bits per heavy atom. The predicted molar refractivity (Wildman–Crippen MR) is 97.9 cm³/mol. The van der Waals surface area contributed by atoms with Crippen molar-refractivity contribution in [2.24, 2.45) is 7.05 Å².